The molecule has 0 saturated carbocycles. The van der Waals surface area contributed by atoms with Crippen molar-refractivity contribution < 1.29 is 9.90 Å². The van der Waals surface area contributed by atoms with Gasteiger partial charge in [-0.3, -0.25) is 4.68 Å². The van der Waals surface area contributed by atoms with Crippen LogP contribution in [0.1, 0.15) is 16.1 Å². The summed E-state index contributed by atoms with van der Waals surface area (Å²) in [5.74, 6) is -1.02. The van der Waals surface area contributed by atoms with Crippen LogP contribution in [0.15, 0.2) is 24.4 Å². The summed E-state index contributed by atoms with van der Waals surface area (Å²) in [6, 6.07) is 4.72. The predicted molar refractivity (Wildman–Crippen MR) is 69.0 cm³/mol. The second-order valence-electron chi connectivity index (χ2n) is 4.04. The van der Waals surface area contributed by atoms with Crippen LogP contribution in [0, 0.1) is 6.92 Å². The van der Waals surface area contributed by atoms with Crippen LogP contribution in [0.5, 0.6) is 0 Å². The molecule has 0 aliphatic heterocycles. The highest BCUT2D eigenvalue weighted by atomic mass is 16.4. The molecule has 6 nitrogen and oxygen atoms in total. The molecule has 2 aromatic rings. The molecule has 94 valence electrons. The lowest BCUT2D eigenvalue weighted by atomic mass is 10.1. The predicted octanol–water partition coefficient (Wildman–Crippen LogP) is 1.75. The van der Waals surface area contributed by atoms with Crippen LogP contribution in [-0.4, -0.2) is 20.9 Å². The van der Waals surface area contributed by atoms with Gasteiger partial charge in [0.2, 0.25) is 0 Å². The molecule has 1 aromatic heterocycles. The van der Waals surface area contributed by atoms with E-state index < -0.39 is 5.97 Å². The second kappa shape index (κ2) is 4.40. The minimum atomic E-state index is -1.02. The topological polar surface area (TPSA) is 93.2 Å². The van der Waals surface area contributed by atoms with Crippen molar-refractivity contribution in [3.63, 3.8) is 0 Å². The van der Waals surface area contributed by atoms with Crippen molar-refractivity contribution in [1.82, 2.24) is 9.78 Å². The highest BCUT2D eigenvalue weighted by Gasteiger charge is 2.12. The van der Waals surface area contributed by atoms with E-state index in [4.69, 9.17) is 10.8 Å². The summed E-state index contributed by atoms with van der Waals surface area (Å²) in [7, 11) is 1.80. The third kappa shape index (κ3) is 2.27. The molecule has 6 heteroatoms. The SMILES string of the molecule is Cc1nn(C)cc1Nc1ccc(N)cc1C(=O)O. The molecule has 2 rings (SSSR count). The van der Waals surface area contributed by atoms with Crippen LogP contribution in [0.3, 0.4) is 0 Å². The Morgan fingerprint density at radius 3 is 2.72 bits per heavy atom. The van der Waals surface area contributed by atoms with Crippen LogP contribution < -0.4 is 11.1 Å². The normalized spacial score (nSPS) is 10.3. The number of rotatable bonds is 3. The fourth-order valence-electron chi connectivity index (χ4n) is 1.72. The Morgan fingerprint density at radius 2 is 2.17 bits per heavy atom. The van der Waals surface area contributed by atoms with Crippen molar-refractivity contribution in [3.05, 3.63) is 35.7 Å². The van der Waals surface area contributed by atoms with Crippen LogP contribution in [-0.2, 0) is 7.05 Å². The number of carboxylic acids is 1. The molecule has 0 aliphatic rings. The Hall–Kier alpha value is -2.50. The van der Waals surface area contributed by atoms with Crippen molar-refractivity contribution in [2.45, 2.75) is 6.92 Å². The molecule has 0 saturated heterocycles. The van der Waals surface area contributed by atoms with Gasteiger partial charge in [0, 0.05) is 18.9 Å². The van der Waals surface area contributed by atoms with Crippen molar-refractivity contribution in [2.75, 3.05) is 11.1 Å². The van der Waals surface area contributed by atoms with Crippen molar-refractivity contribution in [3.8, 4) is 0 Å². The van der Waals surface area contributed by atoms with Crippen molar-refractivity contribution in [2.24, 2.45) is 7.05 Å². The largest absolute Gasteiger partial charge is 0.478 e. The molecule has 0 atom stereocenters. The van der Waals surface area contributed by atoms with E-state index in [1.165, 1.54) is 6.07 Å². The summed E-state index contributed by atoms with van der Waals surface area (Å²) in [6.07, 6.45) is 1.79. The first-order valence-electron chi connectivity index (χ1n) is 5.37. The van der Waals surface area contributed by atoms with E-state index in [1.54, 1.807) is 30.1 Å². The minimum absolute atomic E-state index is 0.137. The zero-order valence-corrected chi connectivity index (χ0v) is 10.1. The number of nitrogens with zero attached hydrogens (tertiary/aromatic N) is 2. The molecule has 0 unspecified atom stereocenters. The highest BCUT2D eigenvalue weighted by molar-refractivity contribution is 5.96. The minimum Gasteiger partial charge on any atom is -0.478 e. The molecule has 18 heavy (non-hydrogen) atoms. The Morgan fingerprint density at radius 1 is 1.44 bits per heavy atom. The van der Waals surface area contributed by atoms with Gasteiger partial charge >= 0.3 is 5.97 Å². The van der Waals surface area contributed by atoms with Gasteiger partial charge in [0.05, 0.1) is 22.6 Å². The van der Waals surface area contributed by atoms with Gasteiger partial charge in [-0.15, -0.1) is 0 Å². The molecule has 1 aromatic carbocycles. The van der Waals surface area contributed by atoms with Gasteiger partial charge in [-0.2, -0.15) is 5.10 Å². The number of hydrogen-bond acceptors (Lipinski definition) is 4. The molecule has 4 N–H and O–H groups in total. The maximum Gasteiger partial charge on any atom is 0.337 e. The summed E-state index contributed by atoms with van der Waals surface area (Å²) in [5.41, 5.74) is 8.20. The average Bonchev–Trinajstić information content (AvgIpc) is 2.60. The number of carboxylic acid groups (broad SMARTS) is 1. The molecule has 0 bridgehead atoms. The number of nitrogen functional groups attached to an aromatic ring is 1. The Labute approximate surface area is 104 Å². The smallest absolute Gasteiger partial charge is 0.337 e. The third-order valence-corrected chi connectivity index (χ3v) is 2.56. The molecule has 0 fully saturated rings. The van der Waals surface area contributed by atoms with Crippen LogP contribution in [0.2, 0.25) is 0 Å². The standard InChI is InChI=1S/C12H14N4O2/c1-7-11(6-16(2)15-7)14-10-4-3-8(13)5-9(10)12(17)18/h3-6,14H,13H2,1-2H3,(H,17,18). The van der Waals surface area contributed by atoms with Crippen LogP contribution in [0.25, 0.3) is 0 Å². The maximum atomic E-state index is 11.1. The number of nitrogens with two attached hydrogens (primary N) is 1. The first kappa shape index (κ1) is 12.0. The number of aromatic nitrogens is 2. The van der Waals surface area contributed by atoms with Crippen LogP contribution >= 0.6 is 0 Å². The Kier molecular flexibility index (Phi) is 2.93. The fraction of sp³-hybridized carbons (Fsp3) is 0.167. The number of anilines is 3. The lowest BCUT2D eigenvalue weighted by Crippen LogP contribution is -2.04. The number of nitrogens with one attached hydrogen (secondary N) is 1. The lowest BCUT2D eigenvalue weighted by molar-refractivity contribution is 0.0698. The van der Waals surface area contributed by atoms with Gasteiger partial charge in [-0.25, -0.2) is 4.79 Å². The molecule has 0 radical (unpaired) electrons. The monoisotopic (exact) mass is 246 g/mol. The average molecular weight is 246 g/mol. The first-order valence-corrected chi connectivity index (χ1v) is 5.37. The van der Waals surface area contributed by atoms with E-state index in [2.05, 4.69) is 10.4 Å². The molecule has 0 aliphatic carbocycles. The summed E-state index contributed by atoms with van der Waals surface area (Å²) in [6.45, 7) is 1.85. The molecule has 1 heterocycles. The van der Waals surface area contributed by atoms with Gasteiger partial charge in [-0.1, -0.05) is 0 Å². The first-order chi connectivity index (χ1) is 8.47. The van der Waals surface area contributed by atoms with E-state index in [9.17, 15) is 4.79 Å². The van der Waals surface area contributed by atoms with E-state index in [0.717, 1.165) is 11.4 Å². The van der Waals surface area contributed by atoms with E-state index in [1.807, 2.05) is 6.92 Å². The van der Waals surface area contributed by atoms with Gasteiger partial charge in [0.25, 0.3) is 0 Å². The number of aryl methyl sites for hydroxylation is 2. The maximum absolute atomic E-state index is 11.1. The molecule has 0 spiro atoms. The summed E-state index contributed by atoms with van der Waals surface area (Å²) in [4.78, 5) is 11.1. The number of carbonyl (C=O) groups is 1. The Bertz CT molecular complexity index is 604. The number of aromatic carboxylic acids is 1. The van der Waals surface area contributed by atoms with Gasteiger partial charge in [0.1, 0.15) is 0 Å². The van der Waals surface area contributed by atoms with E-state index >= 15 is 0 Å². The lowest BCUT2D eigenvalue weighted by Gasteiger charge is -2.09. The fourth-order valence-corrected chi connectivity index (χ4v) is 1.72. The van der Waals surface area contributed by atoms with Gasteiger partial charge in [0.15, 0.2) is 0 Å². The Balaban J connectivity index is 2.40. The zero-order chi connectivity index (χ0) is 13.3. The van der Waals surface area contributed by atoms with Crippen molar-refractivity contribution in [1.29, 1.82) is 0 Å². The molecular formula is C12H14N4O2. The summed E-state index contributed by atoms with van der Waals surface area (Å²) >= 11 is 0. The molecular weight excluding hydrogens is 232 g/mol. The van der Waals surface area contributed by atoms with E-state index in [0.29, 0.717) is 11.4 Å². The highest BCUT2D eigenvalue weighted by Crippen LogP contribution is 2.24. The zero-order valence-electron chi connectivity index (χ0n) is 10.1. The van der Waals surface area contributed by atoms with Gasteiger partial charge < -0.3 is 16.2 Å². The van der Waals surface area contributed by atoms with E-state index in [-0.39, 0.29) is 5.56 Å². The number of hydrogen-bond donors (Lipinski definition) is 3. The quantitative estimate of drug-likeness (QED) is 0.717. The molecule has 0 amide bonds. The number of benzene rings is 1. The van der Waals surface area contributed by atoms with Crippen molar-refractivity contribution >= 4 is 23.0 Å². The summed E-state index contributed by atoms with van der Waals surface area (Å²) < 4.78 is 1.66. The second-order valence-corrected chi connectivity index (χ2v) is 4.04. The third-order valence-electron chi connectivity index (χ3n) is 2.56. The summed E-state index contributed by atoms with van der Waals surface area (Å²) in [5, 5.41) is 16.4. The van der Waals surface area contributed by atoms with Gasteiger partial charge in [-0.05, 0) is 25.1 Å². The van der Waals surface area contributed by atoms with Crippen LogP contribution in [0.4, 0.5) is 17.1 Å².